The van der Waals surface area contributed by atoms with Gasteiger partial charge in [-0.05, 0) is 38.5 Å². The van der Waals surface area contributed by atoms with Crippen molar-refractivity contribution in [1.29, 1.82) is 0 Å². The van der Waals surface area contributed by atoms with Gasteiger partial charge in [0, 0.05) is 26.2 Å². The van der Waals surface area contributed by atoms with Crippen LogP contribution in [0.3, 0.4) is 0 Å². The van der Waals surface area contributed by atoms with Crippen LogP contribution in [0.15, 0.2) is 4.99 Å². The molecule has 0 bridgehead atoms. The van der Waals surface area contributed by atoms with E-state index in [1.54, 1.807) is 0 Å². The van der Waals surface area contributed by atoms with Crippen LogP contribution in [-0.4, -0.2) is 63.0 Å². The van der Waals surface area contributed by atoms with Crippen molar-refractivity contribution < 1.29 is 9.47 Å². The fourth-order valence-corrected chi connectivity index (χ4v) is 2.85. The lowest BCUT2D eigenvalue weighted by Crippen LogP contribution is -2.45. The van der Waals surface area contributed by atoms with Gasteiger partial charge in [-0.1, -0.05) is 6.92 Å². The summed E-state index contributed by atoms with van der Waals surface area (Å²) >= 11 is 0. The first-order chi connectivity index (χ1) is 10.3. The first-order valence-electron chi connectivity index (χ1n) is 8.52. The third-order valence-electron chi connectivity index (χ3n) is 4.24. The normalized spacial score (nSPS) is 24.6. The number of nitrogens with one attached hydrogen (secondary N) is 1. The summed E-state index contributed by atoms with van der Waals surface area (Å²) in [6.07, 6.45) is 5.15. The lowest BCUT2D eigenvalue weighted by Gasteiger charge is -2.33. The Hall–Kier alpha value is -0.810. The van der Waals surface area contributed by atoms with Crippen molar-refractivity contribution in [2.24, 2.45) is 10.9 Å². The van der Waals surface area contributed by atoms with Crippen LogP contribution in [0.2, 0.25) is 0 Å². The summed E-state index contributed by atoms with van der Waals surface area (Å²) in [4.78, 5) is 7.07. The molecule has 0 aromatic carbocycles. The largest absolute Gasteiger partial charge is 0.377 e. The third-order valence-corrected chi connectivity index (χ3v) is 4.24. The highest BCUT2D eigenvalue weighted by Gasteiger charge is 2.18. The number of ether oxygens (including phenoxy) is 2. The molecule has 2 saturated heterocycles. The average molecular weight is 297 g/mol. The molecular weight excluding hydrogens is 266 g/mol. The lowest BCUT2D eigenvalue weighted by molar-refractivity contribution is 0.0199. The van der Waals surface area contributed by atoms with Crippen LogP contribution in [0, 0.1) is 5.92 Å². The van der Waals surface area contributed by atoms with E-state index in [4.69, 9.17) is 14.5 Å². The molecule has 2 heterocycles. The van der Waals surface area contributed by atoms with Gasteiger partial charge in [0.05, 0.1) is 25.9 Å². The van der Waals surface area contributed by atoms with Gasteiger partial charge in [0.15, 0.2) is 5.96 Å². The molecule has 2 fully saturated rings. The molecule has 0 aromatic heterocycles. The lowest BCUT2D eigenvalue weighted by atomic mass is 10.00. The Bertz CT molecular complexity index is 309. The van der Waals surface area contributed by atoms with E-state index in [1.807, 2.05) is 0 Å². The Morgan fingerprint density at radius 2 is 2.14 bits per heavy atom. The van der Waals surface area contributed by atoms with Crippen LogP contribution in [-0.2, 0) is 9.47 Å². The summed E-state index contributed by atoms with van der Waals surface area (Å²) in [6, 6.07) is 0. The van der Waals surface area contributed by atoms with Crippen molar-refractivity contribution in [2.75, 3.05) is 46.0 Å². The maximum Gasteiger partial charge on any atom is 0.193 e. The zero-order chi connectivity index (χ0) is 14.9. The predicted molar refractivity (Wildman–Crippen MR) is 85.7 cm³/mol. The number of hydrogen-bond acceptors (Lipinski definition) is 3. The van der Waals surface area contributed by atoms with Gasteiger partial charge in [-0.15, -0.1) is 0 Å². The molecular formula is C16H31N3O2. The molecule has 0 aromatic rings. The van der Waals surface area contributed by atoms with Crippen molar-refractivity contribution in [3.63, 3.8) is 0 Å². The monoisotopic (exact) mass is 297 g/mol. The average Bonchev–Trinajstić information content (AvgIpc) is 3.00. The number of hydrogen-bond donors (Lipinski definition) is 1. The number of piperidine rings is 1. The molecule has 1 unspecified atom stereocenters. The quantitative estimate of drug-likeness (QED) is 0.462. The number of guanidine groups is 1. The number of nitrogens with zero attached hydrogens (tertiary/aromatic N) is 2. The molecule has 0 amide bonds. The molecule has 0 radical (unpaired) electrons. The van der Waals surface area contributed by atoms with Crippen LogP contribution in [0.4, 0.5) is 0 Å². The maximum atomic E-state index is 5.67. The molecule has 2 aliphatic heterocycles. The molecule has 2 rings (SSSR count). The number of aliphatic imine (C=N–C) groups is 1. The summed E-state index contributed by atoms with van der Waals surface area (Å²) in [6.45, 7) is 10.6. The molecule has 5 nitrogen and oxygen atoms in total. The van der Waals surface area contributed by atoms with Gasteiger partial charge in [-0.3, -0.25) is 4.99 Å². The zero-order valence-electron chi connectivity index (χ0n) is 13.6. The Balaban J connectivity index is 1.67. The molecule has 1 atom stereocenters. The first-order valence-corrected chi connectivity index (χ1v) is 8.52. The Morgan fingerprint density at radius 1 is 1.33 bits per heavy atom. The van der Waals surface area contributed by atoms with Gasteiger partial charge in [0.2, 0.25) is 0 Å². The van der Waals surface area contributed by atoms with Gasteiger partial charge in [0.1, 0.15) is 0 Å². The fourth-order valence-electron chi connectivity index (χ4n) is 2.85. The summed E-state index contributed by atoms with van der Waals surface area (Å²) in [7, 11) is 0. The van der Waals surface area contributed by atoms with Crippen LogP contribution in [0.5, 0.6) is 0 Å². The van der Waals surface area contributed by atoms with Crippen molar-refractivity contribution in [1.82, 2.24) is 10.2 Å². The summed E-state index contributed by atoms with van der Waals surface area (Å²) < 4.78 is 11.2. The van der Waals surface area contributed by atoms with Gasteiger partial charge in [-0.25, -0.2) is 0 Å². The highest BCUT2D eigenvalue weighted by atomic mass is 16.5. The second kappa shape index (κ2) is 9.26. The third kappa shape index (κ3) is 5.83. The topological polar surface area (TPSA) is 46.1 Å². The van der Waals surface area contributed by atoms with Gasteiger partial charge in [0.25, 0.3) is 0 Å². The van der Waals surface area contributed by atoms with Crippen molar-refractivity contribution >= 4 is 5.96 Å². The van der Waals surface area contributed by atoms with E-state index in [-0.39, 0.29) is 0 Å². The standard InChI is InChI=1S/C16H31N3O2/c1-3-17-16(19-9-6-14(2)7-10-19)18-8-12-20-13-15-5-4-11-21-15/h14-15H,3-13H2,1-2H3,(H,17,18). The molecule has 5 heteroatoms. The molecule has 2 aliphatic rings. The molecule has 122 valence electrons. The van der Waals surface area contributed by atoms with Crippen molar-refractivity contribution in [2.45, 2.75) is 45.6 Å². The predicted octanol–water partition coefficient (Wildman–Crippen LogP) is 1.88. The fraction of sp³-hybridized carbons (Fsp3) is 0.938. The molecule has 21 heavy (non-hydrogen) atoms. The van der Waals surface area contributed by atoms with E-state index in [2.05, 4.69) is 24.1 Å². The molecule has 0 saturated carbocycles. The highest BCUT2D eigenvalue weighted by molar-refractivity contribution is 5.80. The van der Waals surface area contributed by atoms with E-state index in [0.717, 1.165) is 51.1 Å². The number of likely N-dealkylation sites (tertiary alicyclic amines) is 1. The second-order valence-electron chi connectivity index (χ2n) is 6.12. The van der Waals surface area contributed by atoms with E-state index in [9.17, 15) is 0 Å². The minimum Gasteiger partial charge on any atom is -0.377 e. The Morgan fingerprint density at radius 3 is 2.81 bits per heavy atom. The SMILES string of the molecule is CCNC(=NCCOCC1CCCO1)N1CCC(C)CC1. The van der Waals surface area contributed by atoms with Crippen molar-refractivity contribution in [3.8, 4) is 0 Å². The Labute approximate surface area is 129 Å². The number of rotatable bonds is 6. The minimum atomic E-state index is 0.311. The Kier molecular flexibility index (Phi) is 7.30. The van der Waals surface area contributed by atoms with Crippen LogP contribution in [0.1, 0.15) is 39.5 Å². The van der Waals surface area contributed by atoms with Gasteiger partial charge < -0.3 is 19.7 Å². The first kappa shape index (κ1) is 16.6. The smallest absolute Gasteiger partial charge is 0.193 e. The molecule has 1 N–H and O–H groups in total. The van der Waals surface area contributed by atoms with Gasteiger partial charge >= 0.3 is 0 Å². The van der Waals surface area contributed by atoms with E-state index in [0.29, 0.717) is 19.3 Å². The molecule has 0 spiro atoms. The van der Waals surface area contributed by atoms with E-state index >= 15 is 0 Å². The molecule has 0 aliphatic carbocycles. The summed E-state index contributed by atoms with van der Waals surface area (Å²) in [5, 5.41) is 3.39. The van der Waals surface area contributed by atoms with Crippen LogP contribution >= 0.6 is 0 Å². The minimum absolute atomic E-state index is 0.311. The zero-order valence-corrected chi connectivity index (χ0v) is 13.6. The van der Waals surface area contributed by atoms with Gasteiger partial charge in [-0.2, -0.15) is 0 Å². The van der Waals surface area contributed by atoms with Crippen molar-refractivity contribution in [3.05, 3.63) is 0 Å². The summed E-state index contributed by atoms with van der Waals surface area (Å²) in [5.74, 6) is 1.89. The summed E-state index contributed by atoms with van der Waals surface area (Å²) in [5.41, 5.74) is 0. The van der Waals surface area contributed by atoms with Crippen LogP contribution < -0.4 is 5.32 Å². The highest BCUT2D eigenvalue weighted by Crippen LogP contribution is 2.16. The maximum absolute atomic E-state index is 5.67. The van der Waals surface area contributed by atoms with E-state index in [1.165, 1.54) is 19.3 Å². The second-order valence-corrected chi connectivity index (χ2v) is 6.12. The van der Waals surface area contributed by atoms with Crippen LogP contribution in [0.25, 0.3) is 0 Å². The van der Waals surface area contributed by atoms with E-state index < -0.39 is 0 Å².